The number of rotatable bonds is 5. The Hall–Kier alpha value is -1.26. The van der Waals surface area contributed by atoms with Crippen LogP contribution in [0.25, 0.3) is 0 Å². The molecule has 2 unspecified atom stereocenters. The highest BCUT2D eigenvalue weighted by atomic mass is 16.4. The van der Waals surface area contributed by atoms with Gasteiger partial charge in [0, 0.05) is 18.6 Å². The zero-order chi connectivity index (χ0) is 13.8. The van der Waals surface area contributed by atoms with Crippen LogP contribution in [0.1, 0.15) is 51.9 Å². The minimum atomic E-state index is -0.730. The summed E-state index contributed by atoms with van der Waals surface area (Å²) in [6.07, 6.45) is 6.28. The number of hydrogen-bond donors (Lipinski definition) is 2. The maximum atomic E-state index is 12.2. The van der Waals surface area contributed by atoms with Gasteiger partial charge in [-0.2, -0.15) is 0 Å². The molecule has 2 fully saturated rings. The molecule has 0 heterocycles. The fraction of sp³-hybridized carbons (Fsp3) is 0.857. The first-order chi connectivity index (χ1) is 9.11. The largest absolute Gasteiger partial charge is 0.481 e. The fourth-order valence-corrected chi connectivity index (χ4v) is 2.88. The Bertz CT molecular complexity index is 342. The van der Waals surface area contributed by atoms with Crippen molar-refractivity contribution in [3.8, 4) is 0 Å². The third-order valence-corrected chi connectivity index (χ3v) is 4.06. The maximum absolute atomic E-state index is 12.2. The lowest BCUT2D eigenvalue weighted by molar-refractivity contribution is -0.143. The lowest BCUT2D eigenvalue weighted by atomic mass is 9.86. The normalized spacial score (nSPS) is 26.8. The average molecular weight is 268 g/mol. The van der Waals surface area contributed by atoms with Crippen molar-refractivity contribution in [3.05, 3.63) is 0 Å². The molecular weight excluding hydrogens is 244 g/mol. The molecule has 108 valence electrons. The topological polar surface area (TPSA) is 69.6 Å². The van der Waals surface area contributed by atoms with Crippen molar-refractivity contribution in [2.45, 2.75) is 64.0 Å². The van der Waals surface area contributed by atoms with Crippen LogP contribution in [0, 0.1) is 5.92 Å². The molecule has 0 radical (unpaired) electrons. The van der Waals surface area contributed by atoms with Gasteiger partial charge in [0.25, 0.3) is 0 Å². The highest BCUT2D eigenvalue weighted by Gasteiger charge is 2.34. The zero-order valence-corrected chi connectivity index (χ0v) is 11.6. The quantitative estimate of drug-likeness (QED) is 0.803. The minimum absolute atomic E-state index is 0.000360. The summed E-state index contributed by atoms with van der Waals surface area (Å²) in [6, 6.07) is 0.444. The predicted octanol–water partition coefficient (Wildman–Crippen LogP) is 2.21. The number of carbonyl (C=O) groups is 2. The molecule has 19 heavy (non-hydrogen) atoms. The Kier molecular flexibility index (Phi) is 4.66. The Morgan fingerprint density at radius 1 is 1.26 bits per heavy atom. The van der Waals surface area contributed by atoms with E-state index in [4.69, 9.17) is 5.11 Å². The van der Waals surface area contributed by atoms with Gasteiger partial charge in [0.15, 0.2) is 0 Å². The number of carbonyl (C=O) groups excluding carboxylic acids is 1. The monoisotopic (exact) mass is 268 g/mol. The molecule has 0 aromatic heterocycles. The van der Waals surface area contributed by atoms with Gasteiger partial charge in [-0.1, -0.05) is 13.3 Å². The van der Waals surface area contributed by atoms with E-state index < -0.39 is 5.97 Å². The van der Waals surface area contributed by atoms with Crippen LogP contribution in [0.2, 0.25) is 0 Å². The van der Waals surface area contributed by atoms with Gasteiger partial charge in [-0.25, -0.2) is 4.79 Å². The third-order valence-electron chi connectivity index (χ3n) is 4.06. The Labute approximate surface area is 114 Å². The van der Waals surface area contributed by atoms with Gasteiger partial charge in [-0.15, -0.1) is 0 Å². The molecule has 0 bridgehead atoms. The van der Waals surface area contributed by atoms with Crippen LogP contribution in [0.3, 0.4) is 0 Å². The summed E-state index contributed by atoms with van der Waals surface area (Å²) in [5, 5.41) is 12.1. The van der Waals surface area contributed by atoms with Crippen molar-refractivity contribution >= 4 is 12.0 Å². The molecule has 2 rings (SSSR count). The lowest BCUT2D eigenvalue weighted by Gasteiger charge is -2.30. The predicted molar refractivity (Wildman–Crippen MR) is 71.9 cm³/mol. The van der Waals surface area contributed by atoms with Crippen LogP contribution >= 0.6 is 0 Å². The SMILES string of the molecule is CCCN(C(=O)NC1CCCC(C(=O)O)C1)C1CC1. The average Bonchev–Trinajstić information content (AvgIpc) is 3.20. The van der Waals surface area contributed by atoms with Crippen molar-refractivity contribution < 1.29 is 14.7 Å². The van der Waals surface area contributed by atoms with E-state index in [0.717, 1.165) is 45.1 Å². The van der Waals surface area contributed by atoms with E-state index in [1.807, 2.05) is 4.90 Å². The van der Waals surface area contributed by atoms with Crippen molar-refractivity contribution in [2.75, 3.05) is 6.54 Å². The second-order valence-corrected chi connectivity index (χ2v) is 5.77. The second kappa shape index (κ2) is 6.26. The van der Waals surface area contributed by atoms with Crippen LogP contribution in [0.5, 0.6) is 0 Å². The molecule has 2 atom stereocenters. The smallest absolute Gasteiger partial charge is 0.317 e. The van der Waals surface area contributed by atoms with Crippen LogP contribution < -0.4 is 5.32 Å². The molecular formula is C14H24N2O3. The standard InChI is InChI=1S/C14H24N2O3/c1-2-8-16(12-6-7-12)14(19)15-11-5-3-4-10(9-11)13(17)18/h10-12H,2-9H2,1H3,(H,15,19)(H,17,18). The lowest BCUT2D eigenvalue weighted by Crippen LogP contribution is -2.48. The summed E-state index contributed by atoms with van der Waals surface area (Å²) < 4.78 is 0. The number of carboxylic acids is 1. The third kappa shape index (κ3) is 3.85. The van der Waals surface area contributed by atoms with E-state index >= 15 is 0 Å². The number of amides is 2. The Morgan fingerprint density at radius 2 is 2.00 bits per heavy atom. The summed E-state index contributed by atoms with van der Waals surface area (Å²) in [5.74, 6) is -1.02. The minimum Gasteiger partial charge on any atom is -0.481 e. The molecule has 0 spiro atoms. The zero-order valence-electron chi connectivity index (χ0n) is 11.6. The molecule has 5 heteroatoms. The van der Waals surface area contributed by atoms with Gasteiger partial charge < -0.3 is 15.3 Å². The summed E-state index contributed by atoms with van der Waals surface area (Å²) >= 11 is 0. The van der Waals surface area contributed by atoms with Crippen LogP contribution in [-0.4, -0.2) is 40.6 Å². The number of aliphatic carboxylic acids is 1. The van der Waals surface area contributed by atoms with Gasteiger partial charge in [-0.05, 0) is 38.5 Å². The molecule has 5 nitrogen and oxygen atoms in total. The highest BCUT2D eigenvalue weighted by Crippen LogP contribution is 2.28. The van der Waals surface area contributed by atoms with Crippen molar-refractivity contribution in [2.24, 2.45) is 5.92 Å². The molecule has 2 aliphatic carbocycles. The van der Waals surface area contributed by atoms with Gasteiger partial charge in [0.05, 0.1) is 5.92 Å². The van der Waals surface area contributed by atoms with Gasteiger partial charge >= 0.3 is 12.0 Å². The number of hydrogen-bond acceptors (Lipinski definition) is 2. The summed E-state index contributed by atoms with van der Waals surface area (Å²) in [4.78, 5) is 25.2. The molecule has 2 amide bonds. The van der Waals surface area contributed by atoms with Crippen LogP contribution in [-0.2, 0) is 4.79 Å². The van der Waals surface area contributed by atoms with Crippen molar-refractivity contribution in [1.29, 1.82) is 0 Å². The Balaban J connectivity index is 1.85. The number of carboxylic acid groups (broad SMARTS) is 1. The Morgan fingerprint density at radius 3 is 2.58 bits per heavy atom. The summed E-state index contributed by atoms with van der Waals surface area (Å²) in [7, 11) is 0. The number of nitrogens with one attached hydrogen (secondary N) is 1. The molecule has 0 aromatic carbocycles. The van der Waals surface area contributed by atoms with Crippen molar-refractivity contribution in [1.82, 2.24) is 10.2 Å². The van der Waals surface area contributed by atoms with E-state index in [0.29, 0.717) is 12.5 Å². The summed E-state index contributed by atoms with van der Waals surface area (Å²) in [6.45, 7) is 2.87. The van der Waals surface area contributed by atoms with E-state index in [2.05, 4.69) is 12.2 Å². The second-order valence-electron chi connectivity index (χ2n) is 5.77. The molecule has 0 saturated heterocycles. The fourth-order valence-electron chi connectivity index (χ4n) is 2.88. The van der Waals surface area contributed by atoms with Crippen molar-refractivity contribution in [3.63, 3.8) is 0 Å². The molecule has 2 aliphatic rings. The first-order valence-electron chi connectivity index (χ1n) is 7.41. The van der Waals surface area contributed by atoms with Crippen LogP contribution in [0.15, 0.2) is 0 Å². The van der Waals surface area contributed by atoms with Gasteiger partial charge in [0.1, 0.15) is 0 Å². The van der Waals surface area contributed by atoms with E-state index in [1.165, 1.54) is 0 Å². The summed E-state index contributed by atoms with van der Waals surface area (Å²) in [5.41, 5.74) is 0. The van der Waals surface area contributed by atoms with Crippen LogP contribution in [0.4, 0.5) is 4.79 Å². The molecule has 2 saturated carbocycles. The maximum Gasteiger partial charge on any atom is 0.317 e. The van der Waals surface area contributed by atoms with Gasteiger partial charge in [-0.3, -0.25) is 4.79 Å². The first-order valence-corrected chi connectivity index (χ1v) is 7.41. The van der Waals surface area contributed by atoms with E-state index in [1.54, 1.807) is 0 Å². The number of urea groups is 1. The molecule has 0 aliphatic heterocycles. The van der Waals surface area contributed by atoms with E-state index in [9.17, 15) is 9.59 Å². The molecule has 2 N–H and O–H groups in total. The highest BCUT2D eigenvalue weighted by molar-refractivity contribution is 5.75. The van der Waals surface area contributed by atoms with E-state index in [-0.39, 0.29) is 18.0 Å². The van der Waals surface area contributed by atoms with Gasteiger partial charge in [0.2, 0.25) is 0 Å². The molecule has 0 aromatic rings. The number of nitrogens with zero attached hydrogens (tertiary/aromatic N) is 1. The first kappa shape index (κ1) is 14.2.